The first-order valence-electron chi connectivity index (χ1n) is 16.2. The van der Waals surface area contributed by atoms with E-state index in [9.17, 15) is 51.9 Å². The van der Waals surface area contributed by atoms with Gasteiger partial charge in [-0.1, -0.05) is 0 Å². The summed E-state index contributed by atoms with van der Waals surface area (Å²) in [6.07, 6.45) is 0. The molecule has 0 radical (unpaired) electrons. The minimum Gasteiger partial charge on any atom is -0.744 e. The van der Waals surface area contributed by atoms with Gasteiger partial charge in [0.2, 0.25) is 0 Å². The SMILES string of the molecule is O=S(=O)([O-])c1ccc2c3c(S(=O)(=O)[O-])ccc(c13)OCCOCCOCCOc1ccc(S(=O)(=O)[O-])c3c(ccc(S(=O)(=O)[O-])c13)OCCOCCOCCO2. The third kappa shape index (κ3) is 10.7. The van der Waals surface area contributed by atoms with E-state index in [4.69, 9.17) is 37.9 Å². The molecule has 20 nitrogen and oxygen atoms in total. The Morgan fingerprint density at radius 1 is 0.304 bits per heavy atom. The van der Waals surface area contributed by atoms with E-state index >= 15 is 0 Å². The van der Waals surface area contributed by atoms with Crippen LogP contribution in [0.3, 0.4) is 0 Å². The van der Waals surface area contributed by atoms with Gasteiger partial charge in [0.1, 0.15) is 89.9 Å². The Hall–Kier alpha value is -3.92. The zero-order valence-electron chi connectivity index (χ0n) is 28.9. The van der Waals surface area contributed by atoms with E-state index in [0.717, 1.165) is 48.5 Å². The first kappa shape index (κ1) is 43.2. The molecule has 0 amide bonds. The van der Waals surface area contributed by atoms with Gasteiger partial charge in [-0.3, -0.25) is 0 Å². The molecule has 24 heteroatoms. The van der Waals surface area contributed by atoms with Gasteiger partial charge in [-0.25, -0.2) is 33.7 Å². The lowest BCUT2D eigenvalue weighted by Crippen LogP contribution is -2.15. The quantitative estimate of drug-likeness (QED) is 0.257. The van der Waals surface area contributed by atoms with Crippen molar-refractivity contribution in [3.05, 3.63) is 48.5 Å². The molecule has 0 spiro atoms. The predicted octanol–water partition coefficient (Wildman–Crippen LogP) is 0.905. The van der Waals surface area contributed by atoms with E-state index in [1.807, 2.05) is 0 Å². The second-order valence-electron chi connectivity index (χ2n) is 11.4. The maximum atomic E-state index is 12.2. The predicted molar refractivity (Wildman–Crippen MR) is 185 cm³/mol. The molecule has 1 aliphatic heterocycles. The zero-order valence-corrected chi connectivity index (χ0v) is 32.2. The molecular weight excluding hydrogens is 833 g/mol. The standard InChI is InChI=1S/C32H36O20S4/c33-53(34,35)25-5-1-21-29-26(54(36,37)38)6-2-22(30(25)29)50-18-14-47-11-12-48-16-20-52-24-4-8-27(55(39,40)41)31-23(3-7-28(32(24)31)56(42,43)44)51-19-15-46-10-9-45-13-17-49-21/h1-8H,9-20H2,(H,33,34,35)(H,36,37,38)(H,39,40,41)(H,42,43,44)/p-4. The maximum Gasteiger partial charge on any atom is 0.128 e. The van der Waals surface area contributed by atoms with Gasteiger partial charge in [0.25, 0.3) is 0 Å². The molecule has 0 atom stereocenters. The van der Waals surface area contributed by atoms with Crippen LogP contribution in [-0.2, 0) is 59.4 Å². The Labute approximate surface area is 321 Å². The molecule has 4 aromatic carbocycles. The van der Waals surface area contributed by atoms with Gasteiger partial charge in [-0.15, -0.1) is 0 Å². The summed E-state index contributed by atoms with van der Waals surface area (Å²) in [6.45, 7) is -1.62. The average Bonchev–Trinajstić information content (AvgIpc) is 3.10. The molecule has 0 aromatic heterocycles. The van der Waals surface area contributed by atoms with Crippen molar-refractivity contribution in [2.75, 3.05) is 79.3 Å². The lowest BCUT2D eigenvalue weighted by atomic mass is 10.1. The number of hydrogen-bond donors (Lipinski definition) is 0. The molecular formula is C32H32O20S4-4. The Morgan fingerprint density at radius 2 is 0.482 bits per heavy atom. The van der Waals surface area contributed by atoms with Gasteiger partial charge in [0.15, 0.2) is 0 Å². The number of hydrogen-bond acceptors (Lipinski definition) is 20. The summed E-state index contributed by atoms with van der Waals surface area (Å²) >= 11 is 0. The van der Waals surface area contributed by atoms with Crippen LogP contribution in [-0.4, -0.2) is 131 Å². The highest BCUT2D eigenvalue weighted by Gasteiger charge is 2.24. The Balaban J connectivity index is 1.39. The van der Waals surface area contributed by atoms with Crippen molar-refractivity contribution in [2.24, 2.45) is 0 Å². The van der Waals surface area contributed by atoms with Crippen LogP contribution in [0.4, 0.5) is 0 Å². The molecule has 0 aliphatic carbocycles. The monoisotopic (exact) mass is 864 g/mol. The maximum absolute atomic E-state index is 12.2. The second-order valence-corrected chi connectivity index (χ2v) is 16.8. The lowest BCUT2D eigenvalue weighted by Gasteiger charge is -2.21. The normalized spacial score (nSPS) is 16.9. The molecule has 0 saturated heterocycles. The molecule has 0 saturated carbocycles. The number of rotatable bonds is 4. The van der Waals surface area contributed by atoms with Crippen molar-refractivity contribution in [3.63, 3.8) is 0 Å². The summed E-state index contributed by atoms with van der Waals surface area (Å²) in [6, 6.07) is 7.66. The highest BCUT2D eigenvalue weighted by molar-refractivity contribution is 7.87. The van der Waals surface area contributed by atoms with Crippen molar-refractivity contribution >= 4 is 62.0 Å². The summed E-state index contributed by atoms with van der Waals surface area (Å²) in [7, 11) is -20.9. The largest absolute Gasteiger partial charge is 0.744 e. The fourth-order valence-electron chi connectivity index (χ4n) is 5.54. The van der Waals surface area contributed by atoms with Crippen LogP contribution >= 0.6 is 0 Å². The second kappa shape index (κ2) is 18.1. The van der Waals surface area contributed by atoms with Crippen LogP contribution < -0.4 is 18.9 Å². The Kier molecular flexibility index (Phi) is 14.0. The van der Waals surface area contributed by atoms with E-state index in [-0.39, 0.29) is 102 Å². The first-order valence-corrected chi connectivity index (χ1v) is 21.9. The van der Waals surface area contributed by atoms with Gasteiger partial charge in [-0.2, -0.15) is 0 Å². The number of benzene rings is 4. The van der Waals surface area contributed by atoms with E-state index < -0.39 is 81.6 Å². The topological polar surface area (TPSA) is 303 Å². The highest BCUT2D eigenvalue weighted by atomic mass is 32.2. The number of ether oxygens (including phenoxy) is 8. The first-order chi connectivity index (χ1) is 26.4. The lowest BCUT2D eigenvalue weighted by molar-refractivity contribution is 0.0273. The molecule has 1 heterocycles. The van der Waals surface area contributed by atoms with Crippen LogP contribution in [0.1, 0.15) is 0 Å². The van der Waals surface area contributed by atoms with Crippen LogP contribution in [0.15, 0.2) is 68.1 Å². The summed E-state index contributed by atoms with van der Waals surface area (Å²) in [5, 5.41) is -1.96. The van der Waals surface area contributed by atoms with E-state index in [2.05, 4.69) is 0 Å². The molecule has 5 rings (SSSR count). The fraction of sp³-hybridized carbons (Fsp3) is 0.375. The van der Waals surface area contributed by atoms with Crippen molar-refractivity contribution in [3.8, 4) is 23.0 Å². The minimum atomic E-state index is -5.23. The van der Waals surface area contributed by atoms with Gasteiger partial charge in [0.05, 0.1) is 72.4 Å². The molecule has 1 aliphatic rings. The van der Waals surface area contributed by atoms with Crippen LogP contribution in [0, 0.1) is 0 Å². The van der Waals surface area contributed by atoms with E-state index in [1.165, 1.54) is 0 Å². The summed E-state index contributed by atoms with van der Waals surface area (Å²) in [4.78, 5) is -3.45. The van der Waals surface area contributed by atoms with Crippen molar-refractivity contribution in [1.29, 1.82) is 0 Å². The summed E-state index contributed by atoms with van der Waals surface area (Å²) < 4.78 is 191. The zero-order chi connectivity index (χ0) is 40.7. The van der Waals surface area contributed by atoms with Gasteiger partial charge in [0, 0.05) is 21.5 Å². The van der Waals surface area contributed by atoms with Crippen molar-refractivity contribution in [2.45, 2.75) is 19.6 Å². The van der Waals surface area contributed by atoms with Crippen LogP contribution in [0.5, 0.6) is 23.0 Å². The summed E-state index contributed by atoms with van der Waals surface area (Å²) in [5.74, 6) is -1.04. The van der Waals surface area contributed by atoms with Crippen LogP contribution in [0.25, 0.3) is 21.5 Å². The molecule has 56 heavy (non-hydrogen) atoms. The molecule has 308 valence electrons. The Morgan fingerprint density at radius 3 is 0.661 bits per heavy atom. The van der Waals surface area contributed by atoms with Crippen molar-refractivity contribution in [1.82, 2.24) is 0 Å². The molecule has 0 unspecified atom stereocenters. The van der Waals surface area contributed by atoms with Gasteiger partial charge in [-0.05, 0) is 48.5 Å². The van der Waals surface area contributed by atoms with Gasteiger partial charge >= 0.3 is 0 Å². The molecule has 0 N–H and O–H groups in total. The molecule has 4 aromatic rings. The molecule has 8 bridgehead atoms. The van der Waals surface area contributed by atoms with Gasteiger partial charge < -0.3 is 56.1 Å². The fourth-order valence-corrected chi connectivity index (χ4v) is 8.29. The smallest absolute Gasteiger partial charge is 0.128 e. The van der Waals surface area contributed by atoms with E-state index in [1.54, 1.807) is 0 Å². The van der Waals surface area contributed by atoms with E-state index in [0.29, 0.717) is 0 Å². The highest BCUT2D eigenvalue weighted by Crippen LogP contribution is 2.42. The Bertz CT molecular complexity index is 2150. The minimum absolute atomic E-state index is 0.0281. The third-order valence-electron chi connectivity index (χ3n) is 7.78. The van der Waals surface area contributed by atoms with Crippen LogP contribution in [0.2, 0.25) is 0 Å². The molecule has 0 fully saturated rings. The third-order valence-corrected chi connectivity index (χ3v) is 11.3. The summed E-state index contributed by atoms with van der Waals surface area (Å²) in [5.41, 5.74) is 0. The average molecular weight is 865 g/mol. The van der Waals surface area contributed by atoms with Crippen molar-refractivity contribution < 1.29 is 89.8 Å².